The summed E-state index contributed by atoms with van der Waals surface area (Å²) in [5.41, 5.74) is 1.41. The van der Waals surface area contributed by atoms with E-state index in [1.807, 2.05) is 0 Å². The van der Waals surface area contributed by atoms with Crippen LogP contribution in [0.25, 0.3) is 0 Å². The van der Waals surface area contributed by atoms with Gasteiger partial charge in [0.1, 0.15) is 0 Å². The number of rotatable bonds is 4. The second-order valence-electron chi connectivity index (χ2n) is 3.86. The lowest BCUT2D eigenvalue weighted by Gasteiger charge is -2.25. The molecule has 0 aromatic rings. The highest BCUT2D eigenvalue weighted by Crippen LogP contribution is 2.26. The second kappa shape index (κ2) is 6.28. The van der Waals surface area contributed by atoms with Gasteiger partial charge in [-0.1, -0.05) is 19.2 Å². The van der Waals surface area contributed by atoms with Crippen LogP contribution < -0.4 is 5.32 Å². The van der Waals surface area contributed by atoms with Gasteiger partial charge in [0.05, 0.1) is 12.7 Å². The molecule has 3 nitrogen and oxygen atoms in total. The van der Waals surface area contributed by atoms with Crippen molar-refractivity contribution in [1.29, 1.82) is 0 Å². The van der Waals surface area contributed by atoms with Crippen LogP contribution >= 0.6 is 0 Å². The van der Waals surface area contributed by atoms with Gasteiger partial charge in [0.15, 0.2) is 0 Å². The van der Waals surface area contributed by atoms with E-state index in [0.29, 0.717) is 11.5 Å². The number of allylic oxidation sites excluding steroid dienone is 2. The third-order valence-electron chi connectivity index (χ3n) is 2.87. The highest BCUT2D eigenvalue weighted by molar-refractivity contribution is 5.93. The molecule has 1 N–H and O–H groups in total. The number of ether oxygens (including phenoxy) is 1. The summed E-state index contributed by atoms with van der Waals surface area (Å²) in [6.07, 6.45) is 5.31. The minimum atomic E-state index is -0.330. The molecule has 1 aliphatic rings. The molecule has 0 unspecified atom stereocenters. The smallest absolute Gasteiger partial charge is 0.338 e. The highest BCUT2D eigenvalue weighted by Gasteiger charge is 2.22. The van der Waals surface area contributed by atoms with Crippen molar-refractivity contribution in [2.24, 2.45) is 5.92 Å². The minimum Gasteiger partial charge on any atom is -0.465 e. The van der Waals surface area contributed by atoms with Gasteiger partial charge in [0.25, 0.3) is 0 Å². The van der Waals surface area contributed by atoms with E-state index in [2.05, 4.69) is 18.5 Å². The lowest BCUT2D eigenvalue weighted by atomic mass is 9.86. The first kappa shape index (κ1) is 12.7. The van der Waals surface area contributed by atoms with Crippen molar-refractivity contribution in [3.05, 3.63) is 36.5 Å². The molecule has 0 aliphatic carbocycles. The molecule has 0 amide bonds. The van der Waals surface area contributed by atoms with E-state index >= 15 is 0 Å². The molecule has 0 saturated carbocycles. The molecule has 1 rings (SSSR count). The van der Waals surface area contributed by atoms with Crippen molar-refractivity contribution in [1.82, 2.24) is 5.32 Å². The first-order valence-corrected chi connectivity index (χ1v) is 5.51. The molecule has 16 heavy (non-hydrogen) atoms. The van der Waals surface area contributed by atoms with Crippen molar-refractivity contribution < 1.29 is 9.53 Å². The Morgan fingerprint density at radius 2 is 2.06 bits per heavy atom. The Morgan fingerprint density at radius 1 is 1.44 bits per heavy atom. The number of piperidine rings is 1. The molecular weight excluding hydrogens is 202 g/mol. The molecule has 0 radical (unpaired) electrons. The largest absolute Gasteiger partial charge is 0.465 e. The zero-order valence-corrected chi connectivity index (χ0v) is 9.79. The summed E-state index contributed by atoms with van der Waals surface area (Å²) in [5, 5.41) is 3.29. The molecule has 88 valence electrons. The summed E-state index contributed by atoms with van der Waals surface area (Å²) in [6.45, 7) is 9.59. The Morgan fingerprint density at radius 3 is 2.56 bits per heavy atom. The molecule has 0 spiro atoms. The van der Waals surface area contributed by atoms with Crippen LogP contribution in [0.1, 0.15) is 12.8 Å². The summed E-state index contributed by atoms with van der Waals surface area (Å²) in [6, 6.07) is 0. The number of carbonyl (C=O) groups is 1. The fourth-order valence-electron chi connectivity index (χ4n) is 1.92. The van der Waals surface area contributed by atoms with E-state index < -0.39 is 0 Å². The zero-order chi connectivity index (χ0) is 12.0. The number of carbonyl (C=O) groups excluding carboxylic acids is 1. The van der Waals surface area contributed by atoms with Crippen LogP contribution in [0.4, 0.5) is 0 Å². The molecule has 0 aromatic heterocycles. The summed E-state index contributed by atoms with van der Waals surface area (Å²) in [7, 11) is 1.38. The SMILES string of the molecule is C=C/C=C(\C(=C)C1CCNCC1)C(=O)OC. The van der Waals surface area contributed by atoms with E-state index in [1.165, 1.54) is 7.11 Å². The third-order valence-corrected chi connectivity index (χ3v) is 2.87. The summed E-state index contributed by atoms with van der Waals surface area (Å²) in [4.78, 5) is 11.6. The Balaban J connectivity index is 2.77. The predicted molar refractivity (Wildman–Crippen MR) is 65.0 cm³/mol. The second-order valence-corrected chi connectivity index (χ2v) is 3.86. The lowest BCUT2D eigenvalue weighted by molar-refractivity contribution is -0.135. The van der Waals surface area contributed by atoms with Crippen molar-refractivity contribution >= 4 is 5.97 Å². The Bertz CT molecular complexity index is 312. The van der Waals surface area contributed by atoms with E-state index in [4.69, 9.17) is 4.74 Å². The predicted octanol–water partition coefficient (Wildman–Crippen LogP) is 1.83. The highest BCUT2D eigenvalue weighted by atomic mass is 16.5. The number of methoxy groups -OCH3 is 1. The molecule has 1 heterocycles. The number of esters is 1. The van der Waals surface area contributed by atoms with Crippen LogP contribution in [-0.4, -0.2) is 26.2 Å². The molecule has 0 bridgehead atoms. The topological polar surface area (TPSA) is 38.3 Å². The minimum absolute atomic E-state index is 0.330. The van der Waals surface area contributed by atoms with E-state index in [-0.39, 0.29) is 5.97 Å². The molecule has 0 atom stereocenters. The first-order chi connectivity index (χ1) is 7.70. The van der Waals surface area contributed by atoms with Gasteiger partial charge in [-0.3, -0.25) is 0 Å². The van der Waals surface area contributed by atoms with Crippen LogP contribution in [-0.2, 0) is 9.53 Å². The standard InChI is InChI=1S/C13H19NO2/c1-4-5-12(13(15)16-3)10(2)11-6-8-14-9-7-11/h4-5,11,14H,1-2,6-9H2,3H3/b12-5+. The van der Waals surface area contributed by atoms with Crippen molar-refractivity contribution in [3.63, 3.8) is 0 Å². The van der Waals surface area contributed by atoms with Gasteiger partial charge in [-0.25, -0.2) is 4.79 Å². The Labute approximate surface area is 96.9 Å². The maximum atomic E-state index is 11.6. The van der Waals surface area contributed by atoms with E-state index in [0.717, 1.165) is 31.5 Å². The lowest BCUT2D eigenvalue weighted by Crippen LogP contribution is -2.29. The van der Waals surface area contributed by atoms with Crippen LogP contribution in [0, 0.1) is 5.92 Å². The van der Waals surface area contributed by atoms with Crippen molar-refractivity contribution in [2.75, 3.05) is 20.2 Å². The molecule has 1 saturated heterocycles. The third kappa shape index (κ3) is 3.07. The quantitative estimate of drug-likeness (QED) is 0.447. The fourth-order valence-corrected chi connectivity index (χ4v) is 1.92. The summed E-state index contributed by atoms with van der Waals surface area (Å²) in [5.74, 6) is 0.0370. The van der Waals surface area contributed by atoms with Crippen molar-refractivity contribution in [2.45, 2.75) is 12.8 Å². The van der Waals surface area contributed by atoms with Gasteiger partial charge >= 0.3 is 5.97 Å². The van der Waals surface area contributed by atoms with Crippen LogP contribution in [0.2, 0.25) is 0 Å². The van der Waals surface area contributed by atoms with E-state index in [1.54, 1.807) is 12.2 Å². The maximum Gasteiger partial charge on any atom is 0.338 e. The van der Waals surface area contributed by atoms with Crippen LogP contribution in [0.3, 0.4) is 0 Å². The Hall–Kier alpha value is -1.35. The van der Waals surface area contributed by atoms with Gasteiger partial charge in [0.2, 0.25) is 0 Å². The van der Waals surface area contributed by atoms with Gasteiger partial charge in [-0.05, 0) is 43.5 Å². The van der Waals surface area contributed by atoms with Gasteiger partial charge in [-0.2, -0.15) is 0 Å². The molecule has 1 aliphatic heterocycles. The van der Waals surface area contributed by atoms with Crippen LogP contribution in [0.5, 0.6) is 0 Å². The normalized spacial score (nSPS) is 17.9. The first-order valence-electron chi connectivity index (χ1n) is 5.51. The summed E-state index contributed by atoms with van der Waals surface area (Å²) >= 11 is 0. The molecular formula is C13H19NO2. The molecule has 0 aromatic carbocycles. The van der Waals surface area contributed by atoms with Gasteiger partial charge in [0, 0.05) is 0 Å². The van der Waals surface area contributed by atoms with Gasteiger partial charge in [-0.15, -0.1) is 0 Å². The average Bonchev–Trinajstić information content (AvgIpc) is 2.35. The Kier molecular flexibility index (Phi) is 4.99. The maximum absolute atomic E-state index is 11.6. The molecule has 1 fully saturated rings. The fraction of sp³-hybridized carbons (Fsp3) is 0.462. The van der Waals surface area contributed by atoms with Crippen molar-refractivity contribution in [3.8, 4) is 0 Å². The van der Waals surface area contributed by atoms with Gasteiger partial charge < -0.3 is 10.1 Å². The number of hydrogen-bond acceptors (Lipinski definition) is 3. The number of nitrogens with one attached hydrogen (secondary N) is 1. The number of hydrogen-bond donors (Lipinski definition) is 1. The van der Waals surface area contributed by atoms with E-state index in [9.17, 15) is 4.79 Å². The summed E-state index contributed by atoms with van der Waals surface area (Å²) < 4.78 is 4.75. The van der Waals surface area contributed by atoms with Crippen LogP contribution in [0.15, 0.2) is 36.5 Å². The monoisotopic (exact) mass is 221 g/mol. The molecule has 3 heteroatoms. The average molecular weight is 221 g/mol. The zero-order valence-electron chi connectivity index (χ0n) is 9.79.